The van der Waals surface area contributed by atoms with Crippen LogP contribution in [-0.2, 0) is 0 Å². The van der Waals surface area contributed by atoms with Crippen molar-refractivity contribution in [2.45, 2.75) is 26.8 Å². The standard InChI is InChI=1S/C20H23N5O3/c1-13(2)25-12-21-17-10-15(4-5-16(17)19(25)26)23-6-8-24(9-7-23)20(27)18-11-28-14(3)22-18/h4-5,10-13H,6-9H2,1-3H3. The molecule has 1 aromatic carbocycles. The third-order valence-corrected chi connectivity index (χ3v) is 5.09. The Labute approximate surface area is 162 Å². The molecule has 3 aromatic rings. The maximum absolute atomic E-state index is 12.6. The molecule has 0 spiro atoms. The van der Waals surface area contributed by atoms with E-state index in [9.17, 15) is 9.59 Å². The topological polar surface area (TPSA) is 84.5 Å². The molecule has 0 N–H and O–H groups in total. The van der Waals surface area contributed by atoms with E-state index >= 15 is 0 Å². The largest absolute Gasteiger partial charge is 0.448 e. The number of oxazole rings is 1. The summed E-state index contributed by atoms with van der Waals surface area (Å²) in [6.07, 6.45) is 3.01. The first-order valence-corrected chi connectivity index (χ1v) is 9.41. The Morgan fingerprint density at radius 1 is 1.18 bits per heavy atom. The van der Waals surface area contributed by atoms with E-state index in [0.717, 1.165) is 5.69 Å². The van der Waals surface area contributed by atoms with Gasteiger partial charge in [-0.25, -0.2) is 9.97 Å². The Morgan fingerprint density at radius 2 is 1.93 bits per heavy atom. The lowest BCUT2D eigenvalue weighted by atomic mass is 10.2. The minimum Gasteiger partial charge on any atom is -0.448 e. The highest BCUT2D eigenvalue weighted by atomic mass is 16.3. The van der Waals surface area contributed by atoms with E-state index in [1.54, 1.807) is 22.7 Å². The predicted octanol–water partition coefficient (Wildman–Crippen LogP) is 2.24. The van der Waals surface area contributed by atoms with Gasteiger partial charge in [0, 0.05) is 44.8 Å². The van der Waals surface area contributed by atoms with Gasteiger partial charge in [0.25, 0.3) is 11.5 Å². The molecule has 8 nitrogen and oxygen atoms in total. The predicted molar refractivity (Wildman–Crippen MR) is 106 cm³/mol. The second kappa shape index (κ2) is 7.10. The smallest absolute Gasteiger partial charge is 0.275 e. The van der Waals surface area contributed by atoms with Crippen molar-refractivity contribution < 1.29 is 9.21 Å². The van der Waals surface area contributed by atoms with E-state index in [1.807, 2.05) is 32.0 Å². The number of amides is 1. The molecular formula is C20H23N5O3. The van der Waals surface area contributed by atoms with Crippen LogP contribution >= 0.6 is 0 Å². The van der Waals surface area contributed by atoms with Crippen LogP contribution in [0.1, 0.15) is 36.3 Å². The number of hydrogen-bond donors (Lipinski definition) is 0. The van der Waals surface area contributed by atoms with E-state index in [1.165, 1.54) is 6.26 Å². The number of carbonyl (C=O) groups is 1. The summed E-state index contributed by atoms with van der Waals surface area (Å²) in [6, 6.07) is 5.81. The molecule has 0 bridgehead atoms. The van der Waals surface area contributed by atoms with Gasteiger partial charge in [-0.3, -0.25) is 14.2 Å². The summed E-state index contributed by atoms with van der Waals surface area (Å²) < 4.78 is 6.77. The van der Waals surface area contributed by atoms with Crippen LogP contribution < -0.4 is 10.5 Å². The fourth-order valence-corrected chi connectivity index (χ4v) is 3.48. The molecule has 0 atom stereocenters. The van der Waals surface area contributed by atoms with Crippen LogP contribution in [0, 0.1) is 6.92 Å². The summed E-state index contributed by atoms with van der Waals surface area (Å²) in [7, 11) is 0. The summed E-state index contributed by atoms with van der Waals surface area (Å²) in [4.78, 5) is 37.6. The molecule has 1 fully saturated rings. The van der Waals surface area contributed by atoms with Crippen LogP contribution in [0.4, 0.5) is 5.69 Å². The van der Waals surface area contributed by atoms with Gasteiger partial charge in [0.1, 0.15) is 6.26 Å². The van der Waals surface area contributed by atoms with Crippen molar-refractivity contribution in [1.82, 2.24) is 19.4 Å². The average molecular weight is 381 g/mol. The van der Waals surface area contributed by atoms with Gasteiger partial charge in [-0.15, -0.1) is 0 Å². The van der Waals surface area contributed by atoms with E-state index in [4.69, 9.17) is 4.42 Å². The van der Waals surface area contributed by atoms with Crippen LogP contribution in [0.2, 0.25) is 0 Å². The second-order valence-corrected chi connectivity index (χ2v) is 7.28. The third kappa shape index (κ3) is 3.26. The first kappa shape index (κ1) is 18.2. The second-order valence-electron chi connectivity index (χ2n) is 7.28. The Hall–Kier alpha value is -3.16. The first-order chi connectivity index (χ1) is 13.4. The van der Waals surface area contributed by atoms with Gasteiger partial charge >= 0.3 is 0 Å². The molecular weight excluding hydrogens is 358 g/mol. The fraction of sp³-hybridized carbons (Fsp3) is 0.400. The van der Waals surface area contributed by atoms with Gasteiger partial charge in [0.2, 0.25) is 0 Å². The lowest BCUT2D eigenvalue weighted by molar-refractivity contribution is 0.0741. The van der Waals surface area contributed by atoms with Crippen molar-refractivity contribution in [3.8, 4) is 0 Å². The molecule has 1 saturated heterocycles. The lowest BCUT2D eigenvalue weighted by Crippen LogP contribution is -2.48. The van der Waals surface area contributed by atoms with E-state index in [2.05, 4.69) is 14.9 Å². The molecule has 146 valence electrons. The first-order valence-electron chi connectivity index (χ1n) is 9.41. The van der Waals surface area contributed by atoms with Gasteiger partial charge in [-0.1, -0.05) is 0 Å². The number of carbonyl (C=O) groups excluding carboxylic acids is 1. The highest BCUT2D eigenvalue weighted by molar-refractivity contribution is 5.92. The number of aromatic nitrogens is 3. The van der Waals surface area contributed by atoms with Gasteiger partial charge in [-0.2, -0.15) is 0 Å². The number of fused-ring (bicyclic) bond motifs is 1. The van der Waals surface area contributed by atoms with E-state index in [0.29, 0.717) is 48.7 Å². The molecule has 4 rings (SSSR count). The van der Waals surface area contributed by atoms with Crippen molar-refractivity contribution in [3.05, 3.63) is 52.7 Å². The Morgan fingerprint density at radius 3 is 2.57 bits per heavy atom. The summed E-state index contributed by atoms with van der Waals surface area (Å²) in [5.74, 6) is 0.382. The highest BCUT2D eigenvalue weighted by Crippen LogP contribution is 2.21. The molecule has 1 amide bonds. The van der Waals surface area contributed by atoms with Crippen molar-refractivity contribution in [1.29, 1.82) is 0 Å². The summed E-state index contributed by atoms with van der Waals surface area (Å²) >= 11 is 0. The molecule has 28 heavy (non-hydrogen) atoms. The normalized spacial score (nSPS) is 14.9. The zero-order valence-electron chi connectivity index (χ0n) is 16.3. The number of nitrogens with zero attached hydrogens (tertiary/aromatic N) is 5. The fourth-order valence-electron chi connectivity index (χ4n) is 3.48. The van der Waals surface area contributed by atoms with Crippen molar-refractivity contribution in [2.24, 2.45) is 0 Å². The van der Waals surface area contributed by atoms with Crippen molar-refractivity contribution in [3.63, 3.8) is 0 Å². The highest BCUT2D eigenvalue weighted by Gasteiger charge is 2.24. The van der Waals surface area contributed by atoms with Crippen LogP contribution in [0.5, 0.6) is 0 Å². The monoisotopic (exact) mass is 381 g/mol. The zero-order valence-corrected chi connectivity index (χ0v) is 16.3. The Kier molecular flexibility index (Phi) is 4.62. The van der Waals surface area contributed by atoms with Gasteiger partial charge in [0.05, 0.1) is 17.2 Å². The summed E-state index contributed by atoms with van der Waals surface area (Å²) in [5, 5.41) is 0.621. The molecule has 0 saturated carbocycles. The number of piperazine rings is 1. The summed E-state index contributed by atoms with van der Waals surface area (Å²) in [6.45, 7) is 8.26. The molecule has 3 heterocycles. The minimum atomic E-state index is -0.106. The molecule has 1 aliphatic heterocycles. The van der Waals surface area contributed by atoms with Crippen LogP contribution in [0.3, 0.4) is 0 Å². The molecule has 0 unspecified atom stereocenters. The number of aryl methyl sites for hydroxylation is 1. The molecule has 1 aliphatic rings. The lowest BCUT2D eigenvalue weighted by Gasteiger charge is -2.35. The number of anilines is 1. The van der Waals surface area contributed by atoms with Gasteiger partial charge < -0.3 is 14.2 Å². The minimum absolute atomic E-state index is 0.0233. The Balaban J connectivity index is 1.50. The molecule has 0 radical (unpaired) electrons. The van der Waals surface area contributed by atoms with E-state index < -0.39 is 0 Å². The molecule has 8 heteroatoms. The zero-order chi connectivity index (χ0) is 19.8. The summed E-state index contributed by atoms with van der Waals surface area (Å²) in [5.41, 5.74) is 2.02. The SMILES string of the molecule is Cc1nc(C(=O)N2CCN(c3ccc4c(=O)n(C(C)C)cnc4c3)CC2)co1. The quantitative estimate of drug-likeness (QED) is 0.692. The van der Waals surface area contributed by atoms with Crippen molar-refractivity contribution >= 4 is 22.5 Å². The maximum atomic E-state index is 12.6. The maximum Gasteiger partial charge on any atom is 0.275 e. The third-order valence-electron chi connectivity index (χ3n) is 5.09. The number of hydrogen-bond acceptors (Lipinski definition) is 6. The van der Waals surface area contributed by atoms with Crippen LogP contribution in [0.25, 0.3) is 10.9 Å². The van der Waals surface area contributed by atoms with E-state index in [-0.39, 0.29) is 17.5 Å². The Bertz CT molecular complexity index is 1080. The van der Waals surface area contributed by atoms with Gasteiger partial charge in [-0.05, 0) is 32.0 Å². The van der Waals surface area contributed by atoms with Gasteiger partial charge in [0.15, 0.2) is 11.6 Å². The van der Waals surface area contributed by atoms with Crippen LogP contribution in [-0.4, -0.2) is 51.5 Å². The molecule has 0 aliphatic carbocycles. The van der Waals surface area contributed by atoms with Crippen molar-refractivity contribution in [2.75, 3.05) is 31.1 Å². The number of rotatable bonds is 3. The van der Waals surface area contributed by atoms with Crippen LogP contribution in [0.15, 0.2) is 40.0 Å². The molecule has 2 aromatic heterocycles. The average Bonchev–Trinajstić information content (AvgIpc) is 3.13. The number of benzene rings is 1.